The fourth-order valence-electron chi connectivity index (χ4n) is 5.22. The molecule has 2 aliphatic rings. The number of hydrogen-bond donors (Lipinski definition) is 1. The van der Waals surface area contributed by atoms with Crippen LogP contribution in [-0.4, -0.2) is 69.6 Å². The van der Waals surface area contributed by atoms with Gasteiger partial charge in [-0.1, -0.05) is 17.7 Å². The lowest BCUT2D eigenvalue weighted by Gasteiger charge is -2.33. The molecule has 2 saturated heterocycles. The summed E-state index contributed by atoms with van der Waals surface area (Å²) < 4.78 is 11.2. The van der Waals surface area contributed by atoms with E-state index in [4.69, 9.17) is 14.5 Å². The number of morpholine rings is 2. The number of ether oxygens (including phenoxy) is 2. The van der Waals surface area contributed by atoms with E-state index in [9.17, 15) is 0 Å². The summed E-state index contributed by atoms with van der Waals surface area (Å²) in [5, 5.41) is 3.48. The molecule has 2 fully saturated rings. The number of rotatable bonds is 6. The van der Waals surface area contributed by atoms with Crippen molar-refractivity contribution in [3.63, 3.8) is 0 Å². The average Bonchev–Trinajstić information content (AvgIpc) is 2.89. The fourth-order valence-corrected chi connectivity index (χ4v) is 5.22. The van der Waals surface area contributed by atoms with Gasteiger partial charge in [0.2, 0.25) is 5.95 Å². The lowest BCUT2D eigenvalue weighted by molar-refractivity contribution is 0.122. The Morgan fingerprint density at radius 2 is 1.36 bits per heavy atom. The van der Waals surface area contributed by atoms with Crippen molar-refractivity contribution in [1.82, 2.24) is 9.97 Å². The minimum absolute atomic E-state index is 0.578. The molecule has 8 nitrogen and oxygen atoms in total. The summed E-state index contributed by atoms with van der Waals surface area (Å²) in [5.41, 5.74) is 8.25. The maximum Gasteiger partial charge on any atom is 0.229 e. The van der Waals surface area contributed by atoms with Gasteiger partial charge in [0.15, 0.2) is 0 Å². The molecule has 8 heteroatoms. The van der Waals surface area contributed by atoms with Gasteiger partial charge in [-0.05, 0) is 56.2 Å². The van der Waals surface area contributed by atoms with E-state index in [1.165, 1.54) is 33.8 Å². The molecule has 3 heterocycles. The molecule has 0 radical (unpaired) electrons. The molecule has 0 saturated carbocycles. The molecular weight excluding hydrogens is 452 g/mol. The first-order chi connectivity index (χ1) is 17.5. The van der Waals surface area contributed by atoms with Crippen molar-refractivity contribution < 1.29 is 9.47 Å². The number of aromatic nitrogens is 2. The van der Waals surface area contributed by atoms with Crippen molar-refractivity contribution in [1.29, 1.82) is 0 Å². The Labute approximate surface area is 213 Å². The van der Waals surface area contributed by atoms with Gasteiger partial charge in [-0.3, -0.25) is 0 Å². The van der Waals surface area contributed by atoms with Crippen molar-refractivity contribution in [2.45, 2.75) is 20.8 Å². The predicted molar refractivity (Wildman–Crippen MR) is 147 cm³/mol. The number of nitrogens with one attached hydrogen (secondary N) is 1. The summed E-state index contributed by atoms with van der Waals surface area (Å²) in [6.07, 6.45) is 1.81. The molecule has 2 aromatic carbocycles. The third-order valence-electron chi connectivity index (χ3n) is 6.87. The van der Waals surface area contributed by atoms with Crippen LogP contribution in [0.4, 0.5) is 34.5 Å². The van der Waals surface area contributed by atoms with Gasteiger partial charge in [0, 0.05) is 62.2 Å². The molecule has 0 bridgehead atoms. The monoisotopic (exact) mass is 488 g/mol. The molecule has 1 N–H and O–H groups in total. The highest BCUT2D eigenvalue weighted by molar-refractivity contribution is 5.72. The Balaban J connectivity index is 1.44. The molecule has 2 aliphatic heterocycles. The number of benzene rings is 2. The zero-order chi connectivity index (χ0) is 25.1. The van der Waals surface area contributed by atoms with E-state index in [0.717, 1.165) is 64.1 Å². The molecule has 0 spiro atoms. The third-order valence-corrected chi connectivity index (χ3v) is 6.87. The van der Waals surface area contributed by atoms with Gasteiger partial charge >= 0.3 is 0 Å². The molecule has 5 rings (SSSR count). The second-order valence-electron chi connectivity index (χ2n) is 9.61. The van der Waals surface area contributed by atoms with Crippen molar-refractivity contribution >= 4 is 34.5 Å². The molecule has 0 amide bonds. The van der Waals surface area contributed by atoms with E-state index in [0.29, 0.717) is 5.95 Å². The van der Waals surface area contributed by atoms with Crippen LogP contribution in [0.15, 0.2) is 42.6 Å². The Hall–Kier alpha value is -3.36. The van der Waals surface area contributed by atoms with Crippen molar-refractivity contribution in [3.05, 3.63) is 59.3 Å². The van der Waals surface area contributed by atoms with Gasteiger partial charge in [-0.15, -0.1) is 0 Å². The summed E-state index contributed by atoms with van der Waals surface area (Å²) in [5.74, 6) is 1.43. The topological polar surface area (TPSA) is 66.0 Å². The lowest BCUT2D eigenvalue weighted by atomic mass is 10.0. The molecule has 0 atom stereocenters. The highest BCUT2D eigenvalue weighted by atomic mass is 16.5. The minimum Gasteiger partial charge on any atom is -0.378 e. The number of nitrogens with zero attached hydrogens (tertiary/aromatic N) is 5. The quantitative estimate of drug-likeness (QED) is 0.541. The van der Waals surface area contributed by atoms with E-state index in [1.807, 2.05) is 12.3 Å². The van der Waals surface area contributed by atoms with Crippen LogP contribution < -0.4 is 20.0 Å². The molecule has 190 valence electrons. The molecule has 3 aromatic rings. The van der Waals surface area contributed by atoms with Crippen LogP contribution in [-0.2, 0) is 9.47 Å². The van der Waals surface area contributed by atoms with Crippen LogP contribution in [0.25, 0.3) is 0 Å². The predicted octanol–water partition coefficient (Wildman–Crippen LogP) is 4.59. The first-order valence-corrected chi connectivity index (χ1v) is 12.7. The molecule has 0 aliphatic carbocycles. The van der Waals surface area contributed by atoms with Gasteiger partial charge in [0.05, 0.1) is 26.4 Å². The van der Waals surface area contributed by atoms with Crippen molar-refractivity contribution in [2.75, 3.05) is 79.7 Å². The van der Waals surface area contributed by atoms with Gasteiger partial charge in [-0.2, -0.15) is 4.98 Å². The molecule has 0 unspecified atom stereocenters. The summed E-state index contributed by atoms with van der Waals surface area (Å²) >= 11 is 0. The molecule has 1 aromatic heterocycles. The van der Waals surface area contributed by atoms with Gasteiger partial charge in [0.25, 0.3) is 0 Å². The number of hydrogen-bond acceptors (Lipinski definition) is 8. The first-order valence-electron chi connectivity index (χ1n) is 12.7. The summed E-state index contributed by atoms with van der Waals surface area (Å²) in [7, 11) is 2.06. The Bertz CT molecular complexity index is 1150. The van der Waals surface area contributed by atoms with Gasteiger partial charge < -0.3 is 29.5 Å². The second-order valence-corrected chi connectivity index (χ2v) is 9.61. The Morgan fingerprint density at radius 3 is 1.92 bits per heavy atom. The highest BCUT2D eigenvalue weighted by Crippen LogP contribution is 2.32. The smallest absolute Gasteiger partial charge is 0.229 e. The molecular formula is C28H36N6O2. The number of anilines is 6. The summed E-state index contributed by atoms with van der Waals surface area (Å²) in [4.78, 5) is 16.3. The van der Waals surface area contributed by atoms with Crippen LogP contribution in [0, 0.1) is 20.8 Å². The second kappa shape index (κ2) is 10.7. The van der Waals surface area contributed by atoms with E-state index in [1.54, 1.807) is 0 Å². The van der Waals surface area contributed by atoms with E-state index < -0.39 is 0 Å². The van der Waals surface area contributed by atoms with Gasteiger partial charge in [-0.25, -0.2) is 4.98 Å². The van der Waals surface area contributed by atoms with Crippen LogP contribution in [0.3, 0.4) is 0 Å². The van der Waals surface area contributed by atoms with E-state index in [-0.39, 0.29) is 0 Å². The fraction of sp³-hybridized carbons (Fsp3) is 0.429. The maximum absolute atomic E-state index is 5.58. The zero-order valence-electron chi connectivity index (χ0n) is 21.8. The standard InChI is InChI=1S/C28H36N6O2/c1-20-15-21(2)27(22(3)16-20)32(4)26-5-6-29-28(31-26)30-23-17-24(33-7-11-35-12-8-33)19-25(18-23)34-9-13-36-14-10-34/h5-6,15-19H,7-14H2,1-4H3,(H,29,30,31). The summed E-state index contributed by atoms with van der Waals surface area (Å²) in [6.45, 7) is 13.0. The van der Waals surface area contributed by atoms with E-state index >= 15 is 0 Å². The Kier molecular flexibility index (Phi) is 7.25. The minimum atomic E-state index is 0.578. The first kappa shape index (κ1) is 24.3. The molecule has 36 heavy (non-hydrogen) atoms. The highest BCUT2D eigenvalue weighted by Gasteiger charge is 2.18. The van der Waals surface area contributed by atoms with Crippen molar-refractivity contribution in [2.24, 2.45) is 0 Å². The lowest BCUT2D eigenvalue weighted by Crippen LogP contribution is -2.38. The van der Waals surface area contributed by atoms with Crippen molar-refractivity contribution in [3.8, 4) is 0 Å². The maximum atomic E-state index is 5.58. The SMILES string of the molecule is Cc1cc(C)c(N(C)c2ccnc(Nc3cc(N4CCOCC4)cc(N4CCOCC4)c3)n2)c(C)c1. The summed E-state index contributed by atoms with van der Waals surface area (Å²) in [6, 6.07) is 13.0. The van der Waals surface area contributed by atoms with E-state index in [2.05, 4.69) is 83.2 Å². The number of aryl methyl sites for hydroxylation is 3. The normalized spacial score (nSPS) is 16.2. The van der Waals surface area contributed by atoms with Crippen LogP contribution in [0.2, 0.25) is 0 Å². The van der Waals surface area contributed by atoms with Crippen LogP contribution >= 0.6 is 0 Å². The average molecular weight is 489 g/mol. The van der Waals surface area contributed by atoms with Gasteiger partial charge in [0.1, 0.15) is 5.82 Å². The van der Waals surface area contributed by atoms with Crippen LogP contribution in [0.1, 0.15) is 16.7 Å². The largest absolute Gasteiger partial charge is 0.378 e. The zero-order valence-corrected chi connectivity index (χ0v) is 21.8. The Morgan fingerprint density at radius 1 is 0.806 bits per heavy atom. The van der Waals surface area contributed by atoms with Crippen LogP contribution in [0.5, 0.6) is 0 Å². The third kappa shape index (κ3) is 5.39.